The van der Waals surface area contributed by atoms with Crippen molar-refractivity contribution in [1.29, 1.82) is 0 Å². The molecule has 1 aromatic heterocycles. The van der Waals surface area contributed by atoms with Crippen LogP contribution >= 0.6 is 11.8 Å². The molecule has 0 unspecified atom stereocenters. The highest BCUT2D eigenvalue weighted by molar-refractivity contribution is 7.99. The van der Waals surface area contributed by atoms with Gasteiger partial charge in [-0.3, -0.25) is 4.57 Å². The second-order valence-electron chi connectivity index (χ2n) is 3.23. The quantitative estimate of drug-likeness (QED) is 0.554. The Balaban J connectivity index is 2.71. The molecule has 80 valence electrons. The molecule has 0 spiro atoms. The van der Waals surface area contributed by atoms with Crippen molar-refractivity contribution in [2.45, 2.75) is 25.0 Å². The Morgan fingerprint density at radius 1 is 1.64 bits per heavy atom. The van der Waals surface area contributed by atoms with Crippen molar-refractivity contribution < 1.29 is 0 Å². The van der Waals surface area contributed by atoms with Crippen LogP contribution in [0.15, 0.2) is 9.95 Å². The van der Waals surface area contributed by atoms with Crippen LogP contribution in [-0.4, -0.2) is 34.1 Å². The second kappa shape index (κ2) is 5.21. The number of hydrogen-bond acceptors (Lipinski definition) is 4. The van der Waals surface area contributed by atoms with Crippen molar-refractivity contribution >= 4 is 11.8 Å². The van der Waals surface area contributed by atoms with E-state index in [2.05, 4.69) is 15.5 Å². The summed E-state index contributed by atoms with van der Waals surface area (Å²) in [4.78, 5) is 11.3. The van der Waals surface area contributed by atoms with E-state index in [0.29, 0.717) is 0 Å². The van der Waals surface area contributed by atoms with E-state index in [9.17, 15) is 4.79 Å². The zero-order valence-electron chi connectivity index (χ0n) is 8.70. The monoisotopic (exact) mass is 216 g/mol. The first-order valence-corrected chi connectivity index (χ1v) is 5.59. The fourth-order valence-corrected chi connectivity index (χ4v) is 2.12. The number of aromatic amines is 1. The predicted molar refractivity (Wildman–Crippen MR) is 57.9 cm³/mol. The molecule has 2 N–H and O–H groups in total. The van der Waals surface area contributed by atoms with Gasteiger partial charge in [-0.25, -0.2) is 9.89 Å². The van der Waals surface area contributed by atoms with Crippen molar-refractivity contribution in [3.05, 3.63) is 10.5 Å². The normalized spacial score (nSPS) is 11.1. The second-order valence-corrected chi connectivity index (χ2v) is 4.29. The lowest BCUT2D eigenvalue weighted by Crippen LogP contribution is -2.19. The Kier molecular flexibility index (Phi) is 4.21. The van der Waals surface area contributed by atoms with Crippen LogP contribution in [0.2, 0.25) is 0 Å². The van der Waals surface area contributed by atoms with Crippen molar-refractivity contribution in [2.75, 3.05) is 19.3 Å². The van der Waals surface area contributed by atoms with Crippen molar-refractivity contribution in [3.63, 3.8) is 0 Å². The number of aromatic nitrogens is 3. The summed E-state index contributed by atoms with van der Waals surface area (Å²) in [5.74, 6) is 0.910. The summed E-state index contributed by atoms with van der Waals surface area (Å²) in [6.07, 6.45) is 0. The standard InChI is InChI=1S/C8H16N4OS/c1-6(2)12-7(13)10-11-8(12)14-5-4-9-3/h6,9H,4-5H2,1-3H3,(H,10,13). The smallest absolute Gasteiger partial charge is 0.319 e. The van der Waals surface area contributed by atoms with Gasteiger partial charge >= 0.3 is 5.69 Å². The largest absolute Gasteiger partial charge is 0.344 e. The van der Waals surface area contributed by atoms with Gasteiger partial charge in [-0.15, -0.1) is 5.10 Å². The minimum Gasteiger partial charge on any atom is -0.319 e. The Hall–Kier alpha value is -0.750. The molecule has 0 amide bonds. The van der Waals surface area contributed by atoms with Crippen LogP contribution in [0.25, 0.3) is 0 Å². The fourth-order valence-electron chi connectivity index (χ4n) is 1.09. The molecule has 0 aliphatic carbocycles. The lowest BCUT2D eigenvalue weighted by Gasteiger charge is -2.07. The number of H-pyrrole nitrogens is 1. The third kappa shape index (κ3) is 2.62. The Labute approximate surface area is 87.3 Å². The number of nitrogens with zero attached hydrogens (tertiary/aromatic N) is 2. The minimum atomic E-state index is -0.132. The number of hydrogen-bond donors (Lipinski definition) is 2. The lowest BCUT2D eigenvalue weighted by atomic mass is 10.4. The molecular formula is C8H16N4OS. The molecule has 1 aromatic rings. The molecule has 6 heteroatoms. The Bertz CT molecular complexity index is 330. The zero-order valence-corrected chi connectivity index (χ0v) is 9.52. The van der Waals surface area contributed by atoms with Gasteiger partial charge in [0.2, 0.25) is 0 Å². The molecule has 0 aliphatic rings. The van der Waals surface area contributed by atoms with E-state index in [0.717, 1.165) is 17.5 Å². The molecule has 0 saturated carbocycles. The molecule has 0 fully saturated rings. The third-order valence-electron chi connectivity index (χ3n) is 1.77. The van der Waals surface area contributed by atoms with E-state index in [4.69, 9.17) is 0 Å². The molecule has 5 nitrogen and oxygen atoms in total. The van der Waals surface area contributed by atoms with Gasteiger partial charge in [-0.2, -0.15) is 0 Å². The summed E-state index contributed by atoms with van der Waals surface area (Å²) in [6.45, 7) is 4.85. The average molecular weight is 216 g/mol. The van der Waals surface area contributed by atoms with E-state index < -0.39 is 0 Å². The maximum atomic E-state index is 11.3. The van der Waals surface area contributed by atoms with E-state index >= 15 is 0 Å². The summed E-state index contributed by atoms with van der Waals surface area (Å²) in [6, 6.07) is 0.151. The maximum absolute atomic E-state index is 11.3. The molecule has 0 radical (unpaired) electrons. The van der Waals surface area contributed by atoms with Gasteiger partial charge in [0, 0.05) is 18.3 Å². The van der Waals surface area contributed by atoms with Crippen LogP contribution in [0.3, 0.4) is 0 Å². The van der Waals surface area contributed by atoms with Crippen molar-refractivity contribution in [1.82, 2.24) is 20.1 Å². The summed E-state index contributed by atoms with van der Waals surface area (Å²) in [5.41, 5.74) is -0.132. The van der Waals surface area contributed by atoms with Crippen LogP contribution in [0.5, 0.6) is 0 Å². The van der Waals surface area contributed by atoms with E-state index in [-0.39, 0.29) is 11.7 Å². The predicted octanol–water partition coefficient (Wildman–Crippen LogP) is 0.464. The molecule has 0 atom stereocenters. The maximum Gasteiger partial charge on any atom is 0.344 e. The molecule has 14 heavy (non-hydrogen) atoms. The van der Waals surface area contributed by atoms with Gasteiger partial charge in [0.25, 0.3) is 0 Å². The Morgan fingerprint density at radius 2 is 2.36 bits per heavy atom. The van der Waals surface area contributed by atoms with Crippen molar-refractivity contribution in [2.24, 2.45) is 0 Å². The van der Waals surface area contributed by atoms with Crippen molar-refractivity contribution in [3.8, 4) is 0 Å². The van der Waals surface area contributed by atoms with Gasteiger partial charge in [0.15, 0.2) is 5.16 Å². The van der Waals surface area contributed by atoms with E-state index in [1.165, 1.54) is 0 Å². The summed E-state index contributed by atoms with van der Waals surface area (Å²) < 4.78 is 1.67. The topological polar surface area (TPSA) is 62.7 Å². The number of thioether (sulfide) groups is 1. The minimum absolute atomic E-state index is 0.132. The van der Waals surface area contributed by atoms with Crippen LogP contribution in [0, 0.1) is 0 Å². The first-order chi connectivity index (χ1) is 6.66. The van der Waals surface area contributed by atoms with Crippen LogP contribution in [0.4, 0.5) is 0 Å². The summed E-state index contributed by atoms with van der Waals surface area (Å²) in [5, 5.41) is 10.2. The average Bonchev–Trinajstić information content (AvgIpc) is 2.47. The number of rotatable bonds is 5. The van der Waals surface area contributed by atoms with Gasteiger partial charge in [0.1, 0.15) is 0 Å². The third-order valence-corrected chi connectivity index (χ3v) is 2.73. The fraction of sp³-hybridized carbons (Fsp3) is 0.750. The zero-order chi connectivity index (χ0) is 10.6. The Morgan fingerprint density at radius 3 is 2.93 bits per heavy atom. The molecule has 0 aromatic carbocycles. The van der Waals surface area contributed by atoms with Crippen LogP contribution < -0.4 is 11.0 Å². The first-order valence-electron chi connectivity index (χ1n) is 4.61. The highest BCUT2D eigenvalue weighted by Crippen LogP contribution is 2.15. The number of nitrogens with one attached hydrogen (secondary N) is 2. The van der Waals surface area contributed by atoms with Crippen LogP contribution in [0.1, 0.15) is 19.9 Å². The summed E-state index contributed by atoms with van der Waals surface area (Å²) in [7, 11) is 1.90. The van der Waals surface area contributed by atoms with Gasteiger partial charge < -0.3 is 5.32 Å². The molecular weight excluding hydrogens is 200 g/mol. The lowest BCUT2D eigenvalue weighted by molar-refractivity contribution is 0.534. The van der Waals surface area contributed by atoms with Gasteiger partial charge in [0.05, 0.1) is 0 Å². The molecule has 0 aliphatic heterocycles. The van der Waals surface area contributed by atoms with Gasteiger partial charge in [-0.1, -0.05) is 11.8 Å². The van der Waals surface area contributed by atoms with Gasteiger partial charge in [-0.05, 0) is 20.9 Å². The van der Waals surface area contributed by atoms with E-state index in [1.807, 2.05) is 20.9 Å². The van der Waals surface area contributed by atoms with E-state index in [1.54, 1.807) is 16.3 Å². The SMILES string of the molecule is CNCCSc1n[nH]c(=O)n1C(C)C. The highest BCUT2D eigenvalue weighted by Gasteiger charge is 2.10. The molecule has 0 bridgehead atoms. The first kappa shape index (κ1) is 11.3. The highest BCUT2D eigenvalue weighted by atomic mass is 32.2. The van der Waals surface area contributed by atoms with Crippen LogP contribution in [-0.2, 0) is 0 Å². The molecule has 0 saturated heterocycles. The summed E-state index contributed by atoms with van der Waals surface area (Å²) >= 11 is 1.58. The molecule has 1 rings (SSSR count). The molecule has 1 heterocycles.